The molecule has 0 radical (unpaired) electrons. The summed E-state index contributed by atoms with van der Waals surface area (Å²) in [4.78, 5) is 17.7. The minimum Gasteiger partial charge on any atom is -0.493 e. The van der Waals surface area contributed by atoms with Crippen LogP contribution >= 0.6 is 15.9 Å². The Morgan fingerprint density at radius 1 is 1.16 bits per heavy atom. The van der Waals surface area contributed by atoms with E-state index in [2.05, 4.69) is 20.9 Å². The number of fused-ring (bicyclic) bond motifs is 2. The molecule has 3 heterocycles. The quantitative estimate of drug-likeness (QED) is 0.398. The average molecular weight is 493 g/mol. The summed E-state index contributed by atoms with van der Waals surface area (Å²) in [6, 6.07) is 13.0. The van der Waals surface area contributed by atoms with Crippen molar-refractivity contribution in [3.05, 3.63) is 98.0 Å². The molecule has 0 spiro atoms. The first-order valence-corrected chi connectivity index (χ1v) is 11.2. The van der Waals surface area contributed by atoms with E-state index in [1.165, 1.54) is 0 Å². The Bertz CT molecular complexity index is 1370. The third-order valence-electron chi connectivity index (χ3n) is 5.70. The van der Waals surface area contributed by atoms with Crippen LogP contribution < -0.4 is 10.2 Å². The molecule has 1 aliphatic heterocycles. The highest BCUT2D eigenvalue weighted by Gasteiger charge is 2.28. The van der Waals surface area contributed by atoms with E-state index in [0.29, 0.717) is 47.2 Å². The molecule has 0 aliphatic carbocycles. The highest BCUT2D eigenvalue weighted by Crippen LogP contribution is 2.40. The third kappa shape index (κ3) is 3.62. The van der Waals surface area contributed by atoms with Gasteiger partial charge in [0.2, 0.25) is 0 Å². The summed E-state index contributed by atoms with van der Waals surface area (Å²) >= 11 is 3.53. The Morgan fingerprint density at radius 3 is 2.81 bits per heavy atom. The van der Waals surface area contributed by atoms with Crippen LogP contribution in [0.25, 0.3) is 16.6 Å². The normalized spacial score (nSPS) is 14.4. The molecule has 2 N–H and O–H groups in total. The molecule has 4 aromatic rings. The molecule has 0 amide bonds. The third-order valence-corrected chi connectivity index (χ3v) is 6.20. The lowest BCUT2D eigenvalue weighted by Gasteiger charge is -2.28. The predicted molar refractivity (Wildman–Crippen MR) is 126 cm³/mol. The topological polar surface area (TPSA) is 84.6 Å². The van der Waals surface area contributed by atoms with Gasteiger partial charge in [-0.05, 0) is 35.9 Å². The monoisotopic (exact) mass is 492 g/mol. The molecule has 1 atom stereocenters. The number of aromatic nitrogens is 2. The van der Waals surface area contributed by atoms with Crippen LogP contribution in [0.2, 0.25) is 0 Å². The maximum absolute atomic E-state index is 13.5. The van der Waals surface area contributed by atoms with Crippen LogP contribution in [0.5, 0.6) is 5.75 Å². The molecule has 5 rings (SSSR count). The molecule has 0 saturated heterocycles. The van der Waals surface area contributed by atoms with Crippen molar-refractivity contribution < 1.29 is 14.9 Å². The maximum atomic E-state index is 13.5. The largest absolute Gasteiger partial charge is 0.493 e. The second-order valence-corrected chi connectivity index (χ2v) is 8.75. The second kappa shape index (κ2) is 8.50. The molecule has 6 nitrogen and oxygen atoms in total. The number of aliphatic hydroxyl groups excluding tert-OH is 2. The summed E-state index contributed by atoms with van der Waals surface area (Å²) in [5, 5.41) is 20.7. The molecule has 1 aliphatic rings. The first kappa shape index (κ1) is 20.9. The summed E-state index contributed by atoms with van der Waals surface area (Å²) in [6.07, 6.45) is 5.37. The molecular weight excluding hydrogens is 472 g/mol. The number of ether oxygens (including phenoxy) is 1. The summed E-state index contributed by atoms with van der Waals surface area (Å²) in [7, 11) is 0. The molecule has 162 valence electrons. The van der Waals surface area contributed by atoms with Crippen molar-refractivity contribution in [1.29, 1.82) is 0 Å². The van der Waals surface area contributed by atoms with E-state index < -0.39 is 6.10 Å². The Kier molecular flexibility index (Phi) is 5.55. The standard InChI is InChI=1S/C25H21BrN2O4/c26-17-4-5-19-22(10-17)28-14-16(9-15-3-1-6-27-13-15)24(30)20-11-18(32-8-2-7-29)12-21(23(20)28)25(19)31/h1,3-6,10-14,25,29,31H,2,7-9H2. The maximum Gasteiger partial charge on any atom is 0.193 e. The Labute approximate surface area is 192 Å². The van der Waals surface area contributed by atoms with E-state index in [9.17, 15) is 9.90 Å². The molecule has 0 bridgehead atoms. The van der Waals surface area contributed by atoms with Gasteiger partial charge in [-0.25, -0.2) is 0 Å². The van der Waals surface area contributed by atoms with Gasteiger partial charge < -0.3 is 19.5 Å². The zero-order valence-corrected chi connectivity index (χ0v) is 18.7. The minimum atomic E-state index is -0.884. The van der Waals surface area contributed by atoms with Crippen LogP contribution in [0.3, 0.4) is 0 Å². The van der Waals surface area contributed by atoms with Crippen molar-refractivity contribution >= 4 is 26.8 Å². The number of hydrogen-bond acceptors (Lipinski definition) is 5. The van der Waals surface area contributed by atoms with Crippen LogP contribution in [0, 0.1) is 0 Å². The Balaban J connectivity index is 1.77. The van der Waals surface area contributed by atoms with Crippen molar-refractivity contribution in [2.75, 3.05) is 13.2 Å². The number of halogens is 1. The highest BCUT2D eigenvalue weighted by molar-refractivity contribution is 9.10. The van der Waals surface area contributed by atoms with Gasteiger partial charge in [0.15, 0.2) is 5.43 Å². The fourth-order valence-electron chi connectivity index (χ4n) is 4.23. The zero-order valence-electron chi connectivity index (χ0n) is 17.2. The van der Waals surface area contributed by atoms with E-state index in [0.717, 1.165) is 21.3 Å². The number of aliphatic hydroxyl groups is 2. The van der Waals surface area contributed by atoms with Crippen LogP contribution in [0.4, 0.5) is 0 Å². The van der Waals surface area contributed by atoms with Crippen LogP contribution in [-0.4, -0.2) is 33.0 Å². The molecule has 0 fully saturated rings. The van der Waals surface area contributed by atoms with E-state index in [4.69, 9.17) is 9.84 Å². The van der Waals surface area contributed by atoms with Crippen molar-refractivity contribution in [1.82, 2.24) is 9.55 Å². The van der Waals surface area contributed by atoms with Gasteiger partial charge in [-0.3, -0.25) is 9.78 Å². The highest BCUT2D eigenvalue weighted by atomic mass is 79.9. The fraction of sp³-hybridized carbons (Fsp3) is 0.200. The van der Waals surface area contributed by atoms with Gasteiger partial charge >= 0.3 is 0 Å². The summed E-state index contributed by atoms with van der Waals surface area (Å²) in [6.45, 7) is 0.345. The molecule has 0 saturated carbocycles. The van der Waals surface area contributed by atoms with Crippen molar-refractivity contribution in [3.8, 4) is 11.4 Å². The van der Waals surface area contributed by atoms with Crippen molar-refractivity contribution in [2.45, 2.75) is 18.9 Å². The molecular formula is C25H21BrN2O4. The lowest BCUT2D eigenvalue weighted by molar-refractivity contribution is 0.216. The SMILES string of the molecule is O=c1c(Cc2cccnc2)cn2c3c(cc(OCCCO)cc13)C(O)c1ccc(Br)cc1-2. The van der Waals surface area contributed by atoms with E-state index >= 15 is 0 Å². The van der Waals surface area contributed by atoms with Crippen molar-refractivity contribution in [2.24, 2.45) is 0 Å². The smallest absolute Gasteiger partial charge is 0.193 e. The Hall–Kier alpha value is -3.00. The summed E-state index contributed by atoms with van der Waals surface area (Å²) < 4.78 is 8.67. The first-order valence-electron chi connectivity index (χ1n) is 10.4. The number of rotatable bonds is 6. The minimum absolute atomic E-state index is 0.0212. The zero-order chi connectivity index (χ0) is 22.2. The van der Waals surface area contributed by atoms with Gasteiger partial charge in [-0.2, -0.15) is 0 Å². The number of pyridine rings is 2. The molecule has 32 heavy (non-hydrogen) atoms. The van der Waals surface area contributed by atoms with Gasteiger partial charge in [0.1, 0.15) is 11.9 Å². The van der Waals surface area contributed by atoms with Gasteiger partial charge in [-0.15, -0.1) is 0 Å². The number of hydrogen-bond donors (Lipinski definition) is 2. The van der Waals surface area contributed by atoms with E-state index in [1.807, 2.05) is 41.1 Å². The van der Waals surface area contributed by atoms with E-state index in [1.54, 1.807) is 24.5 Å². The molecule has 1 unspecified atom stereocenters. The van der Waals surface area contributed by atoms with Gasteiger partial charge in [0.25, 0.3) is 0 Å². The van der Waals surface area contributed by atoms with Gasteiger partial charge in [0.05, 0.1) is 23.2 Å². The number of benzene rings is 2. The summed E-state index contributed by atoms with van der Waals surface area (Å²) in [5.41, 5.74) is 4.36. The second-order valence-electron chi connectivity index (χ2n) is 7.83. The molecule has 2 aromatic heterocycles. The average Bonchev–Trinajstić information content (AvgIpc) is 2.80. The predicted octanol–water partition coefficient (Wildman–Crippen LogP) is 3.90. The van der Waals surface area contributed by atoms with Gasteiger partial charge in [0, 0.05) is 59.2 Å². The van der Waals surface area contributed by atoms with E-state index in [-0.39, 0.29) is 12.0 Å². The molecule has 2 aromatic carbocycles. The molecule has 7 heteroatoms. The first-order chi connectivity index (χ1) is 15.6. The van der Waals surface area contributed by atoms with Gasteiger partial charge in [-0.1, -0.05) is 28.1 Å². The lowest BCUT2D eigenvalue weighted by Crippen LogP contribution is -2.21. The number of nitrogens with zero attached hydrogens (tertiary/aromatic N) is 2. The lowest BCUT2D eigenvalue weighted by atomic mass is 9.92. The van der Waals surface area contributed by atoms with Crippen LogP contribution in [0.15, 0.2) is 70.3 Å². The Morgan fingerprint density at radius 2 is 2.03 bits per heavy atom. The van der Waals surface area contributed by atoms with Crippen molar-refractivity contribution in [3.63, 3.8) is 0 Å². The summed E-state index contributed by atoms with van der Waals surface area (Å²) in [5.74, 6) is 0.503. The fourth-order valence-corrected chi connectivity index (χ4v) is 4.58. The van der Waals surface area contributed by atoms with Crippen LogP contribution in [-0.2, 0) is 6.42 Å². The van der Waals surface area contributed by atoms with Crippen LogP contribution in [0.1, 0.15) is 34.8 Å².